The molecule has 0 aromatic carbocycles. The highest BCUT2D eigenvalue weighted by Crippen LogP contribution is 1.87. The molecular formula is C7H15NO2. The van der Waals surface area contributed by atoms with Gasteiger partial charge in [-0.05, 0) is 20.3 Å². The van der Waals surface area contributed by atoms with Crippen LogP contribution in [0.15, 0.2) is 0 Å². The maximum atomic E-state index is 10.7. The Labute approximate surface area is 61.7 Å². The van der Waals surface area contributed by atoms with Crippen LogP contribution in [0, 0.1) is 0 Å². The molecule has 1 amide bonds. The number of hydroxylamine groups is 1. The lowest BCUT2D eigenvalue weighted by molar-refractivity contribution is -0.136. The van der Waals surface area contributed by atoms with Crippen molar-refractivity contribution in [3.05, 3.63) is 0 Å². The Morgan fingerprint density at radius 2 is 2.20 bits per heavy atom. The summed E-state index contributed by atoms with van der Waals surface area (Å²) in [5.41, 5.74) is 2.34. The van der Waals surface area contributed by atoms with Gasteiger partial charge >= 0.3 is 0 Å². The van der Waals surface area contributed by atoms with Crippen LogP contribution in [0.5, 0.6) is 0 Å². The van der Waals surface area contributed by atoms with Gasteiger partial charge in [0.15, 0.2) is 0 Å². The molecule has 0 aromatic rings. The van der Waals surface area contributed by atoms with E-state index in [1.807, 2.05) is 20.8 Å². The summed E-state index contributed by atoms with van der Waals surface area (Å²) < 4.78 is 0. The second-order valence-corrected chi connectivity index (χ2v) is 2.44. The largest absolute Gasteiger partial charge is 0.273 e. The van der Waals surface area contributed by atoms with Gasteiger partial charge in [-0.1, -0.05) is 6.92 Å². The monoisotopic (exact) mass is 145 g/mol. The highest BCUT2D eigenvalue weighted by Gasteiger charge is 1.98. The number of carbonyl (C=O) groups excluding carboxylic acids is 1. The third-order valence-corrected chi connectivity index (χ3v) is 0.886. The van der Waals surface area contributed by atoms with E-state index in [2.05, 4.69) is 5.48 Å². The van der Waals surface area contributed by atoms with E-state index in [1.165, 1.54) is 0 Å². The Bertz CT molecular complexity index is 102. The minimum Gasteiger partial charge on any atom is -0.273 e. The number of nitrogens with one attached hydrogen (secondary N) is 1. The van der Waals surface area contributed by atoms with Crippen molar-refractivity contribution in [2.24, 2.45) is 0 Å². The lowest BCUT2D eigenvalue weighted by Gasteiger charge is -2.06. The average Bonchev–Trinajstić information content (AvgIpc) is 1.85. The molecule has 10 heavy (non-hydrogen) atoms. The quantitative estimate of drug-likeness (QED) is 0.604. The molecule has 0 heterocycles. The molecule has 0 aliphatic rings. The zero-order valence-electron chi connectivity index (χ0n) is 6.81. The summed E-state index contributed by atoms with van der Waals surface area (Å²) in [7, 11) is 0. The molecular weight excluding hydrogens is 130 g/mol. The van der Waals surface area contributed by atoms with Gasteiger partial charge in [-0.15, -0.1) is 0 Å². The summed E-state index contributed by atoms with van der Waals surface area (Å²) in [6, 6.07) is 0. The van der Waals surface area contributed by atoms with E-state index in [4.69, 9.17) is 4.84 Å². The Balaban J connectivity index is 3.22. The fourth-order valence-electron chi connectivity index (χ4n) is 0.462. The Morgan fingerprint density at radius 3 is 2.60 bits per heavy atom. The van der Waals surface area contributed by atoms with E-state index in [-0.39, 0.29) is 12.0 Å². The van der Waals surface area contributed by atoms with Gasteiger partial charge in [0.2, 0.25) is 5.91 Å². The van der Waals surface area contributed by atoms with Crippen molar-refractivity contribution in [3.8, 4) is 0 Å². The van der Waals surface area contributed by atoms with E-state index in [9.17, 15) is 4.79 Å². The van der Waals surface area contributed by atoms with Gasteiger partial charge in [-0.3, -0.25) is 9.63 Å². The first-order valence-electron chi connectivity index (χ1n) is 3.61. The Kier molecular flexibility index (Phi) is 4.94. The fourth-order valence-corrected chi connectivity index (χ4v) is 0.462. The van der Waals surface area contributed by atoms with Crippen molar-refractivity contribution in [3.63, 3.8) is 0 Å². The van der Waals surface area contributed by atoms with E-state index in [0.29, 0.717) is 6.42 Å². The van der Waals surface area contributed by atoms with Crippen molar-refractivity contribution in [2.45, 2.75) is 39.7 Å². The standard InChI is InChI=1S/C7H15NO2/c1-4-5-7(9)8-10-6(2)3/h6H,4-5H2,1-3H3,(H,8,9). The molecule has 0 bridgehead atoms. The zero-order valence-corrected chi connectivity index (χ0v) is 6.81. The first kappa shape index (κ1) is 9.43. The minimum absolute atomic E-state index is 0.0452. The smallest absolute Gasteiger partial charge is 0.243 e. The van der Waals surface area contributed by atoms with Crippen LogP contribution in [0.4, 0.5) is 0 Å². The van der Waals surface area contributed by atoms with Gasteiger partial charge in [0.25, 0.3) is 0 Å². The molecule has 0 saturated heterocycles. The topological polar surface area (TPSA) is 38.3 Å². The highest BCUT2D eigenvalue weighted by atomic mass is 16.7. The van der Waals surface area contributed by atoms with Crippen molar-refractivity contribution in [1.29, 1.82) is 0 Å². The van der Waals surface area contributed by atoms with Crippen LogP contribution in [-0.4, -0.2) is 12.0 Å². The first-order valence-corrected chi connectivity index (χ1v) is 3.61. The van der Waals surface area contributed by atoms with Gasteiger partial charge in [0.05, 0.1) is 6.10 Å². The summed E-state index contributed by atoms with van der Waals surface area (Å²) >= 11 is 0. The molecule has 0 aliphatic heterocycles. The predicted octanol–water partition coefficient (Wildman–Crippen LogP) is 1.24. The maximum Gasteiger partial charge on any atom is 0.243 e. The number of rotatable bonds is 4. The van der Waals surface area contributed by atoms with Crippen LogP contribution in [0.1, 0.15) is 33.6 Å². The van der Waals surface area contributed by atoms with E-state index in [0.717, 1.165) is 6.42 Å². The second kappa shape index (κ2) is 5.23. The van der Waals surface area contributed by atoms with E-state index in [1.54, 1.807) is 0 Å². The summed E-state index contributed by atoms with van der Waals surface area (Å²) in [5, 5.41) is 0. The lowest BCUT2D eigenvalue weighted by atomic mass is 10.3. The van der Waals surface area contributed by atoms with Crippen molar-refractivity contribution < 1.29 is 9.63 Å². The van der Waals surface area contributed by atoms with Crippen LogP contribution in [0.3, 0.4) is 0 Å². The van der Waals surface area contributed by atoms with Crippen LogP contribution < -0.4 is 5.48 Å². The lowest BCUT2D eigenvalue weighted by Crippen LogP contribution is -2.26. The number of hydrogen-bond acceptors (Lipinski definition) is 2. The summed E-state index contributed by atoms with van der Waals surface area (Å²) in [6.07, 6.45) is 1.45. The van der Waals surface area contributed by atoms with Gasteiger partial charge < -0.3 is 0 Å². The minimum atomic E-state index is -0.0452. The fraction of sp³-hybridized carbons (Fsp3) is 0.857. The second-order valence-electron chi connectivity index (χ2n) is 2.44. The third kappa shape index (κ3) is 5.56. The zero-order chi connectivity index (χ0) is 7.98. The molecule has 0 atom stereocenters. The van der Waals surface area contributed by atoms with E-state index < -0.39 is 0 Å². The maximum absolute atomic E-state index is 10.7. The molecule has 0 rings (SSSR count). The van der Waals surface area contributed by atoms with Crippen molar-refractivity contribution in [1.82, 2.24) is 5.48 Å². The molecule has 0 spiro atoms. The molecule has 60 valence electrons. The summed E-state index contributed by atoms with van der Waals surface area (Å²) in [4.78, 5) is 15.6. The van der Waals surface area contributed by atoms with Crippen LogP contribution >= 0.6 is 0 Å². The highest BCUT2D eigenvalue weighted by molar-refractivity contribution is 5.74. The average molecular weight is 145 g/mol. The van der Waals surface area contributed by atoms with Crippen molar-refractivity contribution >= 4 is 5.91 Å². The van der Waals surface area contributed by atoms with E-state index >= 15 is 0 Å². The van der Waals surface area contributed by atoms with Gasteiger partial charge in [0.1, 0.15) is 0 Å². The SMILES string of the molecule is CCCC(=O)NOC(C)C. The predicted molar refractivity (Wildman–Crippen MR) is 39.3 cm³/mol. The number of amides is 1. The molecule has 3 heteroatoms. The molecule has 0 aliphatic carbocycles. The Morgan fingerprint density at radius 1 is 1.60 bits per heavy atom. The van der Waals surface area contributed by atoms with Gasteiger partial charge in [-0.25, -0.2) is 5.48 Å². The number of hydrogen-bond donors (Lipinski definition) is 1. The molecule has 0 aromatic heterocycles. The molecule has 0 unspecified atom stereocenters. The van der Waals surface area contributed by atoms with Crippen LogP contribution in [-0.2, 0) is 9.63 Å². The molecule has 1 N–H and O–H groups in total. The van der Waals surface area contributed by atoms with Gasteiger partial charge in [0, 0.05) is 6.42 Å². The van der Waals surface area contributed by atoms with Crippen molar-refractivity contribution in [2.75, 3.05) is 0 Å². The van der Waals surface area contributed by atoms with Crippen LogP contribution in [0.25, 0.3) is 0 Å². The Hall–Kier alpha value is -0.570. The molecule has 3 nitrogen and oxygen atoms in total. The number of carbonyl (C=O) groups is 1. The summed E-state index contributed by atoms with van der Waals surface area (Å²) in [6.45, 7) is 5.69. The molecule has 0 radical (unpaired) electrons. The first-order chi connectivity index (χ1) is 4.66. The third-order valence-electron chi connectivity index (χ3n) is 0.886. The molecule has 0 saturated carbocycles. The normalized spacial score (nSPS) is 10.0. The summed E-state index contributed by atoms with van der Waals surface area (Å²) in [5.74, 6) is -0.0452. The molecule has 0 fully saturated rings. The van der Waals surface area contributed by atoms with Gasteiger partial charge in [-0.2, -0.15) is 0 Å². The van der Waals surface area contributed by atoms with Crippen LogP contribution in [0.2, 0.25) is 0 Å².